The van der Waals surface area contributed by atoms with Crippen LogP contribution in [0.2, 0.25) is 0 Å². The molecule has 1 N–H and O–H groups in total. The van der Waals surface area contributed by atoms with Gasteiger partial charge in [0.25, 0.3) is 0 Å². The summed E-state index contributed by atoms with van der Waals surface area (Å²) in [4.78, 5) is 18.8. The Morgan fingerprint density at radius 2 is 2.19 bits per heavy atom. The van der Waals surface area contributed by atoms with E-state index in [1.54, 1.807) is 13.0 Å². The first kappa shape index (κ1) is 23.7. The maximum absolute atomic E-state index is 14.5. The Morgan fingerprint density at radius 1 is 1.41 bits per heavy atom. The largest absolute Gasteiger partial charge is 0.385 e. The molecule has 170 valence electrons. The van der Waals surface area contributed by atoms with Crippen LogP contribution in [0.25, 0.3) is 0 Å². The van der Waals surface area contributed by atoms with E-state index in [1.165, 1.54) is 6.07 Å². The highest BCUT2D eigenvalue weighted by molar-refractivity contribution is 6.03. The third-order valence-corrected chi connectivity index (χ3v) is 6.27. The molecule has 2 aliphatic rings. The zero-order valence-electron chi connectivity index (χ0n) is 19.6. The van der Waals surface area contributed by atoms with Gasteiger partial charge in [0.05, 0.1) is 23.6 Å². The number of aldehydes is 1. The normalized spacial score (nSPS) is 24.2. The van der Waals surface area contributed by atoms with Gasteiger partial charge in [-0.2, -0.15) is 0 Å². The molecular formula is C27H34FN3O. The second-order valence-corrected chi connectivity index (χ2v) is 8.68. The molecule has 3 rings (SSSR count). The van der Waals surface area contributed by atoms with Gasteiger partial charge in [0.1, 0.15) is 12.1 Å². The molecular weight excluding hydrogens is 401 g/mol. The molecule has 1 aromatic carbocycles. The monoisotopic (exact) mass is 435 g/mol. The van der Waals surface area contributed by atoms with Crippen LogP contribution in [0.15, 0.2) is 65.0 Å². The first-order chi connectivity index (χ1) is 15.4. The van der Waals surface area contributed by atoms with Crippen molar-refractivity contribution in [2.24, 2.45) is 10.9 Å². The molecule has 2 aliphatic heterocycles. The van der Waals surface area contributed by atoms with E-state index in [4.69, 9.17) is 4.99 Å². The third kappa shape index (κ3) is 5.26. The van der Waals surface area contributed by atoms with E-state index in [9.17, 15) is 9.18 Å². The molecule has 2 bridgehead atoms. The predicted octanol–water partition coefficient (Wildman–Crippen LogP) is 6.03. The highest BCUT2D eigenvalue weighted by Crippen LogP contribution is 2.30. The molecule has 2 unspecified atom stereocenters. The van der Waals surface area contributed by atoms with E-state index < -0.39 is 5.82 Å². The number of nitrogens with one attached hydrogen (secondary N) is 1. The molecule has 2 heterocycles. The van der Waals surface area contributed by atoms with Crippen LogP contribution >= 0.6 is 0 Å². The topological polar surface area (TPSA) is 44.7 Å². The van der Waals surface area contributed by atoms with E-state index in [-0.39, 0.29) is 5.92 Å². The minimum Gasteiger partial charge on any atom is -0.385 e. The highest BCUT2D eigenvalue weighted by Gasteiger charge is 2.30. The molecule has 5 heteroatoms. The zero-order valence-corrected chi connectivity index (χ0v) is 19.6. The van der Waals surface area contributed by atoms with E-state index in [2.05, 4.69) is 49.7 Å². The van der Waals surface area contributed by atoms with Crippen molar-refractivity contribution in [1.29, 1.82) is 0 Å². The van der Waals surface area contributed by atoms with Gasteiger partial charge in [-0.3, -0.25) is 9.79 Å². The van der Waals surface area contributed by atoms with Gasteiger partial charge in [0, 0.05) is 35.3 Å². The van der Waals surface area contributed by atoms with Crippen LogP contribution in [0.3, 0.4) is 0 Å². The van der Waals surface area contributed by atoms with Gasteiger partial charge < -0.3 is 10.2 Å². The van der Waals surface area contributed by atoms with Gasteiger partial charge in [-0.1, -0.05) is 45.9 Å². The quantitative estimate of drug-likeness (QED) is 0.420. The number of allylic oxidation sites excluding steroid dienone is 6. The summed E-state index contributed by atoms with van der Waals surface area (Å²) < 4.78 is 14.5. The zero-order chi connectivity index (χ0) is 23.3. The first-order valence-corrected chi connectivity index (χ1v) is 11.5. The molecule has 0 aliphatic carbocycles. The summed E-state index contributed by atoms with van der Waals surface area (Å²) in [5.74, 6) is -0.269. The summed E-state index contributed by atoms with van der Waals surface area (Å²) in [5.41, 5.74) is 5.22. The Kier molecular flexibility index (Phi) is 7.84. The van der Waals surface area contributed by atoms with E-state index >= 15 is 0 Å². The molecule has 1 saturated heterocycles. The Labute approximate surface area is 191 Å². The summed E-state index contributed by atoms with van der Waals surface area (Å²) in [5, 5.41) is 3.56. The molecule has 0 spiro atoms. The van der Waals surface area contributed by atoms with Crippen LogP contribution in [0, 0.1) is 18.7 Å². The first-order valence-electron chi connectivity index (χ1n) is 11.5. The number of carbonyl (C=O) groups excluding carboxylic acids is 1. The Morgan fingerprint density at radius 3 is 2.88 bits per heavy atom. The number of hydrogen-bond acceptors (Lipinski definition) is 4. The third-order valence-electron chi connectivity index (χ3n) is 6.27. The lowest BCUT2D eigenvalue weighted by Crippen LogP contribution is -2.50. The van der Waals surface area contributed by atoms with Crippen LogP contribution in [0.4, 0.5) is 10.1 Å². The maximum Gasteiger partial charge on any atom is 0.150 e. The number of piperazine rings is 1. The van der Waals surface area contributed by atoms with Crippen LogP contribution < -0.4 is 5.32 Å². The van der Waals surface area contributed by atoms with Gasteiger partial charge in [0.15, 0.2) is 0 Å². The van der Waals surface area contributed by atoms with Crippen LogP contribution in [-0.4, -0.2) is 36.0 Å². The second kappa shape index (κ2) is 10.6. The number of aliphatic imine (C=N–C) groups is 1. The molecule has 1 aromatic rings. The lowest BCUT2D eigenvalue weighted by Gasteiger charge is -2.42. The minimum atomic E-state index is -0.413. The van der Waals surface area contributed by atoms with Crippen molar-refractivity contribution in [3.63, 3.8) is 0 Å². The second-order valence-electron chi connectivity index (χ2n) is 8.68. The highest BCUT2D eigenvalue weighted by atomic mass is 19.1. The fraction of sp³-hybridized carbons (Fsp3) is 0.407. The Balaban J connectivity index is 2.21. The average molecular weight is 436 g/mol. The Hall–Kier alpha value is -2.95. The lowest BCUT2D eigenvalue weighted by atomic mass is 9.95. The van der Waals surface area contributed by atoms with Crippen molar-refractivity contribution in [3.8, 4) is 0 Å². The summed E-state index contributed by atoms with van der Waals surface area (Å²) in [6.07, 6.45) is 11.9. The number of carbonyl (C=O) groups is 1. The van der Waals surface area contributed by atoms with Crippen molar-refractivity contribution in [1.82, 2.24) is 10.2 Å². The standard InChI is InChI=1S/C27H34FN3O/c1-6-9-23-15-29-22-11-8-10-18(3)12-26(31(23)16-22)27(19(4)7-2)30-25-14-21(17-32)13-24(28)20(25)5/h8,10-14,17,19,23,29H,3,6-7,9,15-16H2,1-2,4-5H3/b10-8-,22-11+,26-12-,30-27+. The summed E-state index contributed by atoms with van der Waals surface area (Å²) in [6, 6.07) is 3.26. The molecule has 0 saturated carbocycles. The molecule has 0 radical (unpaired) electrons. The smallest absolute Gasteiger partial charge is 0.150 e. The number of halogens is 1. The molecule has 32 heavy (non-hydrogen) atoms. The maximum atomic E-state index is 14.5. The van der Waals surface area contributed by atoms with Crippen molar-refractivity contribution in [2.45, 2.75) is 53.0 Å². The van der Waals surface area contributed by atoms with Crippen molar-refractivity contribution in [2.75, 3.05) is 13.1 Å². The predicted molar refractivity (Wildman–Crippen MR) is 131 cm³/mol. The lowest BCUT2D eigenvalue weighted by molar-refractivity contribution is 0.112. The molecule has 2 atom stereocenters. The number of hydrogen-bond donors (Lipinski definition) is 1. The van der Waals surface area contributed by atoms with E-state index in [0.29, 0.717) is 29.1 Å². The van der Waals surface area contributed by atoms with E-state index in [1.807, 2.05) is 12.2 Å². The number of fused-ring (bicyclic) bond motifs is 2. The van der Waals surface area contributed by atoms with Gasteiger partial charge in [-0.05, 0) is 49.6 Å². The summed E-state index contributed by atoms with van der Waals surface area (Å²) in [7, 11) is 0. The van der Waals surface area contributed by atoms with Crippen LogP contribution in [-0.2, 0) is 0 Å². The van der Waals surface area contributed by atoms with Crippen molar-refractivity contribution >= 4 is 17.7 Å². The molecule has 1 fully saturated rings. The molecule has 4 nitrogen and oxygen atoms in total. The van der Waals surface area contributed by atoms with Gasteiger partial charge in [-0.15, -0.1) is 0 Å². The summed E-state index contributed by atoms with van der Waals surface area (Å²) in [6.45, 7) is 14.0. The average Bonchev–Trinajstić information content (AvgIpc) is 2.84. The van der Waals surface area contributed by atoms with Gasteiger partial charge in [-0.25, -0.2) is 4.39 Å². The minimum absolute atomic E-state index is 0.144. The van der Waals surface area contributed by atoms with Crippen LogP contribution in [0.1, 0.15) is 56.0 Å². The Bertz CT molecular complexity index is 1000. The van der Waals surface area contributed by atoms with Gasteiger partial charge in [0.2, 0.25) is 0 Å². The van der Waals surface area contributed by atoms with Gasteiger partial charge >= 0.3 is 0 Å². The molecule has 0 aromatic heterocycles. The van der Waals surface area contributed by atoms with E-state index in [0.717, 1.165) is 55.0 Å². The fourth-order valence-electron chi connectivity index (χ4n) is 4.14. The number of nitrogens with zero attached hydrogens (tertiary/aromatic N) is 2. The van der Waals surface area contributed by atoms with Crippen LogP contribution in [0.5, 0.6) is 0 Å². The summed E-state index contributed by atoms with van der Waals surface area (Å²) >= 11 is 0. The van der Waals surface area contributed by atoms with Crippen molar-refractivity contribution < 1.29 is 9.18 Å². The fourth-order valence-corrected chi connectivity index (χ4v) is 4.14. The number of rotatable bonds is 7. The number of benzene rings is 1. The SMILES string of the molecule is C=C1/C=C\C=C2/CN(C(/C(=N/c3cc(C=O)cc(F)c3C)C(C)CC)=C\1)C(CCC)CN2. The molecule has 0 amide bonds. The van der Waals surface area contributed by atoms with Crippen molar-refractivity contribution in [3.05, 3.63) is 76.9 Å².